The number of hydrogen-bond donors (Lipinski definition) is 1. The summed E-state index contributed by atoms with van der Waals surface area (Å²) in [4.78, 5) is 17.4. The van der Waals surface area contributed by atoms with Crippen LogP contribution in [0, 0.1) is 17.8 Å². The molecule has 1 aliphatic carbocycles. The molecular weight excluding hydrogens is 278 g/mol. The second-order valence-corrected chi connectivity index (χ2v) is 7.21. The molecule has 5 heteroatoms. The quantitative estimate of drug-likeness (QED) is 0.839. The molecule has 2 saturated heterocycles. The third-order valence-electron chi connectivity index (χ3n) is 5.83. The van der Waals surface area contributed by atoms with Gasteiger partial charge in [0.05, 0.1) is 13.2 Å². The van der Waals surface area contributed by atoms with Gasteiger partial charge in [-0.15, -0.1) is 0 Å². The first-order chi connectivity index (χ1) is 10.8. The highest BCUT2D eigenvalue weighted by molar-refractivity contribution is 5.79. The molecule has 0 aromatic carbocycles. The van der Waals surface area contributed by atoms with E-state index in [1.54, 1.807) is 0 Å². The molecule has 2 aliphatic heterocycles. The third kappa shape index (κ3) is 3.81. The number of hydrogen-bond acceptors (Lipinski definition) is 4. The van der Waals surface area contributed by atoms with Crippen molar-refractivity contribution in [2.75, 3.05) is 52.5 Å². The fraction of sp³-hybridized carbons (Fsp3) is 0.941. The van der Waals surface area contributed by atoms with Crippen molar-refractivity contribution in [2.24, 2.45) is 23.5 Å². The molecule has 3 aliphatic rings. The summed E-state index contributed by atoms with van der Waals surface area (Å²) in [6.07, 6.45) is 5.67. The van der Waals surface area contributed by atoms with Crippen LogP contribution in [0.4, 0.5) is 0 Å². The number of rotatable bonds is 4. The lowest BCUT2D eigenvalue weighted by molar-refractivity contribution is -0.138. The van der Waals surface area contributed by atoms with Crippen molar-refractivity contribution in [3.8, 4) is 0 Å². The van der Waals surface area contributed by atoms with Crippen molar-refractivity contribution in [3.63, 3.8) is 0 Å². The highest BCUT2D eigenvalue weighted by atomic mass is 16.5. The van der Waals surface area contributed by atoms with Crippen LogP contribution in [0.5, 0.6) is 0 Å². The molecule has 0 spiro atoms. The van der Waals surface area contributed by atoms with E-state index in [4.69, 9.17) is 10.5 Å². The van der Waals surface area contributed by atoms with Crippen molar-refractivity contribution in [1.82, 2.24) is 9.80 Å². The van der Waals surface area contributed by atoms with Crippen LogP contribution in [0.15, 0.2) is 0 Å². The predicted octanol–water partition coefficient (Wildman–Crippen LogP) is 0.932. The van der Waals surface area contributed by atoms with Crippen LogP contribution < -0.4 is 5.73 Å². The molecule has 5 nitrogen and oxygen atoms in total. The van der Waals surface area contributed by atoms with Gasteiger partial charge in [0, 0.05) is 38.6 Å². The molecule has 2 N–H and O–H groups in total. The summed E-state index contributed by atoms with van der Waals surface area (Å²) < 4.78 is 5.41. The first kappa shape index (κ1) is 16.2. The molecule has 1 saturated carbocycles. The maximum Gasteiger partial charge on any atom is 0.226 e. The summed E-state index contributed by atoms with van der Waals surface area (Å²) in [7, 11) is 0. The number of piperidine rings is 1. The van der Waals surface area contributed by atoms with E-state index in [1.165, 1.54) is 13.0 Å². The van der Waals surface area contributed by atoms with E-state index in [2.05, 4.69) is 9.80 Å². The first-order valence-electron chi connectivity index (χ1n) is 9.07. The zero-order valence-corrected chi connectivity index (χ0v) is 13.7. The van der Waals surface area contributed by atoms with Crippen LogP contribution in [0.1, 0.15) is 32.1 Å². The maximum absolute atomic E-state index is 12.7. The number of likely N-dealkylation sites (tertiary alicyclic amines) is 1. The molecule has 3 fully saturated rings. The zero-order valence-electron chi connectivity index (χ0n) is 13.7. The highest BCUT2D eigenvalue weighted by Crippen LogP contribution is 2.33. The van der Waals surface area contributed by atoms with Crippen molar-refractivity contribution >= 4 is 5.91 Å². The largest absolute Gasteiger partial charge is 0.379 e. The Morgan fingerprint density at radius 3 is 2.45 bits per heavy atom. The van der Waals surface area contributed by atoms with Crippen LogP contribution in [0.2, 0.25) is 0 Å². The SMILES string of the molecule is NC[C@H]1CCC[C@H]1C(=O)N1CCC(CN2CCOCC2)CC1. The van der Waals surface area contributed by atoms with Gasteiger partial charge in [-0.1, -0.05) is 6.42 Å². The lowest BCUT2D eigenvalue weighted by Crippen LogP contribution is -2.46. The maximum atomic E-state index is 12.7. The molecule has 3 rings (SSSR count). The minimum absolute atomic E-state index is 0.209. The molecule has 2 heterocycles. The average molecular weight is 309 g/mol. The number of amides is 1. The van der Waals surface area contributed by atoms with Gasteiger partial charge in [0.2, 0.25) is 5.91 Å². The molecule has 1 amide bonds. The topological polar surface area (TPSA) is 58.8 Å². The lowest BCUT2D eigenvalue weighted by Gasteiger charge is -2.37. The van der Waals surface area contributed by atoms with Gasteiger partial charge >= 0.3 is 0 Å². The highest BCUT2D eigenvalue weighted by Gasteiger charge is 2.36. The van der Waals surface area contributed by atoms with Gasteiger partial charge in [-0.05, 0) is 44.1 Å². The number of nitrogens with zero attached hydrogens (tertiary/aromatic N) is 2. The van der Waals surface area contributed by atoms with E-state index in [-0.39, 0.29) is 5.92 Å². The number of ether oxygens (including phenoxy) is 1. The van der Waals surface area contributed by atoms with E-state index in [9.17, 15) is 4.79 Å². The summed E-state index contributed by atoms with van der Waals surface area (Å²) in [6.45, 7) is 7.63. The summed E-state index contributed by atoms with van der Waals surface area (Å²) in [5, 5.41) is 0. The molecule has 0 bridgehead atoms. The van der Waals surface area contributed by atoms with Crippen molar-refractivity contribution in [2.45, 2.75) is 32.1 Å². The zero-order chi connectivity index (χ0) is 15.4. The molecule has 2 atom stereocenters. The Morgan fingerprint density at radius 1 is 1.05 bits per heavy atom. The Hall–Kier alpha value is -0.650. The monoisotopic (exact) mass is 309 g/mol. The normalized spacial score (nSPS) is 31.6. The molecule has 126 valence electrons. The van der Waals surface area contributed by atoms with E-state index >= 15 is 0 Å². The van der Waals surface area contributed by atoms with Crippen molar-refractivity contribution in [3.05, 3.63) is 0 Å². The Labute approximate surface area is 134 Å². The average Bonchev–Trinajstić information content (AvgIpc) is 3.04. The Kier molecular flexibility index (Phi) is 5.71. The van der Waals surface area contributed by atoms with Crippen LogP contribution in [0.3, 0.4) is 0 Å². The van der Waals surface area contributed by atoms with Gasteiger partial charge in [0.1, 0.15) is 0 Å². The van der Waals surface area contributed by atoms with Crippen LogP contribution in [-0.2, 0) is 9.53 Å². The van der Waals surface area contributed by atoms with E-state index in [1.807, 2.05) is 0 Å². The number of nitrogens with two attached hydrogens (primary N) is 1. The van der Waals surface area contributed by atoms with Crippen LogP contribution in [0.25, 0.3) is 0 Å². The molecule has 0 radical (unpaired) electrons. The predicted molar refractivity (Wildman–Crippen MR) is 86.4 cm³/mol. The molecular formula is C17H31N3O2. The fourth-order valence-corrected chi connectivity index (χ4v) is 4.36. The van der Waals surface area contributed by atoms with Gasteiger partial charge in [-0.3, -0.25) is 9.69 Å². The minimum Gasteiger partial charge on any atom is -0.379 e. The van der Waals surface area contributed by atoms with Gasteiger partial charge < -0.3 is 15.4 Å². The summed E-state index contributed by atoms with van der Waals surface area (Å²) >= 11 is 0. The van der Waals surface area contributed by atoms with Gasteiger partial charge in [-0.2, -0.15) is 0 Å². The van der Waals surface area contributed by atoms with E-state index < -0.39 is 0 Å². The molecule has 0 unspecified atom stereocenters. The van der Waals surface area contributed by atoms with Crippen molar-refractivity contribution in [1.29, 1.82) is 0 Å². The van der Waals surface area contributed by atoms with Gasteiger partial charge in [-0.25, -0.2) is 0 Å². The standard InChI is InChI=1S/C17H31N3O2/c18-12-15-2-1-3-16(15)17(21)20-6-4-14(5-7-20)13-19-8-10-22-11-9-19/h14-16H,1-13,18H2/t15-,16-/m1/s1. The first-order valence-corrected chi connectivity index (χ1v) is 9.07. The second kappa shape index (κ2) is 7.75. The summed E-state index contributed by atoms with van der Waals surface area (Å²) in [5.41, 5.74) is 5.83. The van der Waals surface area contributed by atoms with Gasteiger partial charge in [0.15, 0.2) is 0 Å². The Morgan fingerprint density at radius 2 is 1.77 bits per heavy atom. The van der Waals surface area contributed by atoms with Crippen LogP contribution >= 0.6 is 0 Å². The van der Waals surface area contributed by atoms with Crippen LogP contribution in [-0.4, -0.2) is 68.2 Å². The molecule has 22 heavy (non-hydrogen) atoms. The second-order valence-electron chi connectivity index (χ2n) is 7.21. The number of morpholine rings is 1. The smallest absolute Gasteiger partial charge is 0.226 e. The minimum atomic E-state index is 0.209. The summed E-state index contributed by atoms with van der Waals surface area (Å²) in [5.74, 6) is 1.77. The Balaban J connectivity index is 1.43. The molecule has 0 aromatic rings. The summed E-state index contributed by atoms with van der Waals surface area (Å²) in [6, 6.07) is 0. The third-order valence-corrected chi connectivity index (χ3v) is 5.83. The van der Waals surface area contributed by atoms with Gasteiger partial charge in [0.25, 0.3) is 0 Å². The van der Waals surface area contributed by atoms with E-state index in [0.717, 1.165) is 71.0 Å². The van der Waals surface area contributed by atoms with Crippen molar-refractivity contribution < 1.29 is 9.53 Å². The number of carbonyl (C=O) groups is 1. The fourth-order valence-electron chi connectivity index (χ4n) is 4.36. The number of carbonyl (C=O) groups excluding carboxylic acids is 1. The Bertz CT molecular complexity index is 363. The van der Waals surface area contributed by atoms with E-state index in [0.29, 0.717) is 18.4 Å². The lowest BCUT2D eigenvalue weighted by atomic mass is 9.91. The molecule has 0 aromatic heterocycles.